The Morgan fingerprint density at radius 2 is 1.85 bits per heavy atom. The predicted molar refractivity (Wildman–Crippen MR) is 154 cm³/mol. The molecule has 0 amide bonds. The smallest absolute Gasteiger partial charge is 0.333 e. The number of aromatic nitrogens is 8. The lowest BCUT2D eigenvalue weighted by atomic mass is 10.2. The molecule has 46 heavy (non-hydrogen) atoms. The van der Waals surface area contributed by atoms with E-state index in [-0.39, 0.29) is 45.6 Å². The van der Waals surface area contributed by atoms with Crippen molar-refractivity contribution < 1.29 is 38.4 Å². The van der Waals surface area contributed by atoms with Gasteiger partial charge >= 0.3 is 17.6 Å². The molecule has 3 aromatic rings. The van der Waals surface area contributed by atoms with Crippen LogP contribution in [0, 0.1) is 6.92 Å². The summed E-state index contributed by atoms with van der Waals surface area (Å²) in [5.74, 6) is -1.04. The number of nitrogens with zero attached hydrogens (tertiary/aromatic N) is 8. The zero-order chi connectivity index (χ0) is 32.8. The summed E-state index contributed by atoms with van der Waals surface area (Å²) in [7, 11) is 0. The molecule has 2 aliphatic heterocycles. The van der Waals surface area contributed by atoms with Crippen LogP contribution in [0.15, 0.2) is 28.2 Å². The number of aliphatic hydroxyl groups excluding tert-OH is 1. The molecule has 1 N–H and O–H groups in total. The van der Waals surface area contributed by atoms with Crippen LogP contribution in [0.2, 0.25) is 0 Å². The van der Waals surface area contributed by atoms with Crippen molar-refractivity contribution in [2.45, 2.75) is 96.9 Å². The van der Waals surface area contributed by atoms with Crippen LogP contribution in [0.3, 0.4) is 0 Å². The van der Waals surface area contributed by atoms with Crippen molar-refractivity contribution >= 4 is 11.9 Å². The Hall–Kier alpha value is -4.26. The molecule has 2 saturated heterocycles. The SMILES string of the molecule is CC(=O)OC[C@H](COCc1cn(C[C@H]2O[C@@H](n3cc(C)c(=O)n(Cc4cn([C@H]5CCCCO5)nn4)c3=O)CC2O)nn1)OC(C)=O. The first-order valence-electron chi connectivity index (χ1n) is 15.0. The minimum absolute atomic E-state index is 0.0322. The number of hydrogen-bond donors (Lipinski definition) is 1. The summed E-state index contributed by atoms with van der Waals surface area (Å²) < 4.78 is 32.8. The fraction of sp³-hybridized carbons (Fsp3) is 0.643. The van der Waals surface area contributed by atoms with Gasteiger partial charge in [0.25, 0.3) is 5.56 Å². The monoisotopic (exact) mass is 646 g/mol. The van der Waals surface area contributed by atoms with E-state index in [4.69, 9.17) is 23.7 Å². The highest BCUT2D eigenvalue weighted by atomic mass is 16.6. The average Bonchev–Trinajstić information content (AvgIpc) is 3.77. The van der Waals surface area contributed by atoms with Gasteiger partial charge in [0, 0.05) is 38.6 Å². The Kier molecular flexibility index (Phi) is 10.7. The molecule has 0 saturated carbocycles. The van der Waals surface area contributed by atoms with E-state index in [1.807, 2.05) is 0 Å². The first-order valence-corrected chi connectivity index (χ1v) is 15.0. The number of hydrogen-bond acceptors (Lipinski definition) is 14. The first kappa shape index (κ1) is 33.1. The predicted octanol–water partition coefficient (Wildman–Crippen LogP) is -0.391. The molecule has 0 radical (unpaired) electrons. The molecule has 0 aromatic carbocycles. The van der Waals surface area contributed by atoms with Crippen LogP contribution in [0.4, 0.5) is 0 Å². The van der Waals surface area contributed by atoms with Gasteiger partial charge < -0.3 is 28.8 Å². The topological polar surface area (TPSA) is 206 Å². The van der Waals surface area contributed by atoms with Gasteiger partial charge in [0.2, 0.25) is 0 Å². The summed E-state index contributed by atoms with van der Waals surface area (Å²) in [6.07, 6.45) is 4.18. The maximum absolute atomic E-state index is 13.5. The molecule has 2 fully saturated rings. The molecule has 18 heteroatoms. The minimum Gasteiger partial charge on any atom is -0.462 e. The van der Waals surface area contributed by atoms with Crippen LogP contribution in [-0.4, -0.2) is 94.3 Å². The Morgan fingerprint density at radius 1 is 1.04 bits per heavy atom. The van der Waals surface area contributed by atoms with Gasteiger partial charge in [-0.1, -0.05) is 10.4 Å². The van der Waals surface area contributed by atoms with E-state index >= 15 is 0 Å². The summed E-state index contributed by atoms with van der Waals surface area (Å²) in [5, 5.41) is 27.2. The standard InChI is InChI=1S/C28H38N8O10/c1-17-9-34(28(41)35(27(17)40)11-20-12-36(32-29-20)25-6-4-5-7-43-25)26-8-23(39)24(46-26)13-33-10-21(30-31-33)14-42-15-22(45-19(3)38)16-44-18(2)37/h9-10,12,22-26,39H,4-8,11,13-16H2,1-3H3/t22-,23?,24+,25+,26+/m0/s1. The molecular weight excluding hydrogens is 608 g/mol. The van der Waals surface area contributed by atoms with Crippen LogP contribution in [-0.2, 0) is 53.0 Å². The number of carbonyl (C=O) groups excluding carboxylic acids is 2. The van der Waals surface area contributed by atoms with Gasteiger partial charge in [-0.15, -0.1) is 10.2 Å². The van der Waals surface area contributed by atoms with Gasteiger partial charge in [-0.25, -0.2) is 14.2 Å². The van der Waals surface area contributed by atoms with E-state index in [1.165, 1.54) is 29.3 Å². The van der Waals surface area contributed by atoms with Crippen molar-refractivity contribution in [3.8, 4) is 0 Å². The van der Waals surface area contributed by atoms with Gasteiger partial charge in [0.05, 0.1) is 44.8 Å². The third-order valence-corrected chi connectivity index (χ3v) is 7.52. The van der Waals surface area contributed by atoms with Gasteiger partial charge in [-0.3, -0.25) is 23.5 Å². The fourth-order valence-corrected chi connectivity index (χ4v) is 5.31. The Balaban J connectivity index is 1.19. The molecule has 3 aromatic heterocycles. The summed E-state index contributed by atoms with van der Waals surface area (Å²) in [6.45, 7) is 4.65. The third-order valence-electron chi connectivity index (χ3n) is 7.52. The van der Waals surface area contributed by atoms with Gasteiger partial charge in [-0.2, -0.15) is 0 Å². The number of aryl methyl sites for hydroxylation is 1. The second kappa shape index (κ2) is 14.9. The second-order valence-corrected chi connectivity index (χ2v) is 11.3. The summed E-state index contributed by atoms with van der Waals surface area (Å²) in [4.78, 5) is 48.9. The van der Waals surface area contributed by atoms with Crippen LogP contribution >= 0.6 is 0 Å². The van der Waals surface area contributed by atoms with Crippen molar-refractivity contribution in [1.29, 1.82) is 0 Å². The molecule has 2 aliphatic rings. The molecule has 0 spiro atoms. The lowest BCUT2D eigenvalue weighted by Crippen LogP contribution is -2.42. The Labute approximate surface area is 262 Å². The van der Waals surface area contributed by atoms with E-state index in [2.05, 4.69) is 20.6 Å². The van der Waals surface area contributed by atoms with Crippen molar-refractivity contribution in [1.82, 2.24) is 39.1 Å². The normalized spacial score (nSPS) is 22.1. The number of aliphatic hydroxyl groups is 1. The maximum atomic E-state index is 13.5. The van der Waals surface area contributed by atoms with Crippen molar-refractivity contribution in [3.63, 3.8) is 0 Å². The number of ether oxygens (including phenoxy) is 5. The molecular formula is C28H38N8O10. The largest absolute Gasteiger partial charge is 0.462 e. The summed E-state index contributed by atoms with van der Waals surface area (Å²) >= 11 is 0. The van der Waals surface area contributed by atoms with Crippen molar-refractivity contribution in [2.75, 3.05) is 19.8 Å². The Bertz CT molecular complexity index is 1620. The van der Waals surface area contributed by atoms with E-state index < -0.39 is 47.7 Å². The zero-order valence-corrected chi connectivity index (χ0v) is 25.9. The molecule has 0 bridgehead atoms. The van der Waals surface area contributed by atoms with E-state index in [0.29, 0.717) is 23.6 Å². The maximum Gasteiger partial charge on any atom is 0.333 e. The molecule has 5 rings (SSSR count). The van der Waals surface area contributed by atoms with Crippen LogP contribution in [0.5, 0.6) is 0 Å². The van der Waals surface area contributed by atoms with E-state index in [9.17, 15) is 24.3 Å². The highest BCUT2D eigenvalue weighted by Crippen LogP contribution is 2.28. The quantitative estimate of drug-likeness (QED) is 0.235. The second-order valence-electron chi connectivity index (χ2n) is 11.3. The summed E-state index contributed by atoms with van der Waals surface area (Å²) in [5.41, 5.74) is 0.173. The molecule has 1 unspecified atom stereocenters. The Morgan fingerprint density at radius 3 is 2.59 bits per heavy atom. The molecule has 5 atom stereocenters. The molecule has 5 heterocycles. The number of rotatable bonds is 13. The highest BCUT2D eigenvalue weighted by Gasteiger charge is 2.36. The van der Waals surface area contributed by atoms with Crippen LogP contribution in [0.1, 0.15) is 68.9 Å². The van der Waals surface area contributed by atoms with Gasteiger partial charge in [-0.05, 0) is 26.2 Å². The molecule has 0 aliphatic carbocycles. The van der Waals surface area contributed by atoms with Gasteiger partial charge in [0.1, 0.15) is 30.3 Å². The van der Waals surface area contributed by atoms with Crippen LogP contribution < -0.4 is 11.2 Å². The zero-order valence-electron chi connectivity index (χ0n) is 25.9. The summed E-state index contributed by atoms with van der Waals surface area (Å²) in [6, 6.07) is 0. The molecule has 250 valence electrons. The molecule has 18 nitrogen and oxygen atoms in total. The van der Waals surface area contributed by atoms with E-state index in [0.717, 1.165) is 23.8 Å². The van der Waals surface area contributed by atoms with Crippen molar-refractivity contribution in [2.24, 2.45) is 0 Å². The highest BCUT2D eigenvalue weighted by molar-refractivity contribution is 5.67. The average molecular weight is 647 g/mol. The number of carbonyl (C=O) groups is 2. The van der Waals surface area contributed by atoms with Gasteiger partial charge in [0.15, 0.2) is 12.3 Å². The van der Waals surface area contributed by atoms with Crippen LogP contribution in [0.25, 0.3) is 0 Å². The lowest BCUT2D eigenvalue weighted by Gasteiger charge is -2.21. The lowest BCUT2D eigenvalue weighted by molar-refractivity contribution is -0.160. The van der Waals surface area contributed by atoms with Crippen molar-refractivity contribution in [3.05, 3.63) is 56.4 Å². The first-order chi connectivity index (χ1) is 22.1. The third kappa shape index (κ3) is 8.31. The van der Waals surface area contributed by atoms with E-state index in [1.54, 1.807) is 24.0 Å². The number of esters is 2. The minimum atomic E-state index is -0.928. The fourth-order valence-electron chi connectivity index (χ4n) is 5.31.